The van der Waals surface area contributed by atoms with Gasteiger partial charge in [0.1, 0.15) is 0 Å². The number of nitrogens with one attached hydrogen (secondary N) is 2. The third-order valence-electron chi connectivity index (χ3n) is 4.96. The van der Waals surface area contributed by atoms with Crippen LogP contribution >= 0.6 is 0 Å². The second-order valence-electron chi connectivity index (χ2n) is 7.11. The molecule has 2 unspecified atom stereocenters. The minimum absolute atomic E-state index is 0.429. The van der Waals surface area contributed by atoms with Gasteiger partial charge in [0.25, 0.3) is 0 Å². The number of aliphatic imine (C=N–C) groups is 1. The van der Waals surface area contributed by atoms with Crippen LogP contribution in [0.5, 0.6) is 0 Å². The van der Waals surface area contributed by atoms with Crippen molar-refractivity contribution in [1.29, 1.82) is 0 Å². The Bertz CT molecular complexity index is 708. The minimum Gasteiger partial charge on any atom is -0.356 e. The quantitative estimate of drug-likeness (QED) is 0.613. The SMILES string of the molecule is CN=C(NCCc1cnn(C)c1)NC1CC(C)N(Cc2ccccc2)C1. The Labute approximate surface area is 156 Å². The Balaban J connectivity index is 1.45. The fourth-order valence-electron chi connectivity index (χ4n) is 3.56. The van der Waals surface area contributed by atoms with Crippen LogP contribution in [0.1, 0.15) is 24.5 Å². The number of hydrogen-bond acceptors (Lipinski definition) is 3. The maximum Gasteiger partial charge on any atom is 0.191 e. The van der Waals surface area contributed by atoms with Crippen LogP contribution < -0.4 is 10.6 Å². The zero-order valence-corrected chi connectivity index (χ0v) is 16.0. The molecular formula is C20H30N6. The Morgan fingerprint density at radius 1 is 1.27 bits per heavy atom. The number of rotatable bonds is 6. The van der Waals surface area contributed by atoms with E-state index in [1.165, 1.54) is 11.1 Å². The lowest BCUT2D eigenvalue weighted by Crippen LogP contribution is -2.45. The molecule has 2 heterocycles. The first-order valence-electron chi connectivity index (χ1n) is 9.36. The molecule has 2 atom stereocenters. The Kier molecular flexibility index (Phi) is 6.28. The molecule has 0 bridgehead atoms. The van der Waals surface area contributed by atoms with E-state index in [0.29, 0.717) is 12.1 Å². The normalized spacial score (nSPS) is 21.1. The highest BCUT2D eigenvalue weighted by molar-refractivity contribution is 5.80. The fourth-order valence-corrected chi connectivity index (χ4v) is 3.56. The molecule has 1 aromatic carbocycles. The standard InChI is InChI=1S/C20H30N6/c1-16-11-19(15-26(16)14-17-7-5-4-6-8-17)24-20(21-2)22-10-9-18-12-23-25(3)13-18/h4-8,12-13,16,19H,9-11,14-15H2,1-3H3,(H2,21,22,24). The molecule has 3 rings (SSSR count). The van der Waals surface area contributed by atoms with Crippen molar-refractivity contribution in [2.75, 3.05) is 20.1 Å². The van der Waals surface area contributed by atoms with E-state index in [4.69, 9.17) is 0 Å². The molecule has 26 heavy (non-hydrogen) atoms. The summed E-state index contributed by atoms with van der Waals surface area (Å²) in [4.78, 5) is 6.91. The Morgan fingerprint density at radius 2 is 2.08 bits per heavy atom. The number of aromatic nitrogens is 2. The van der Waals surface area contributed by atoms with Gasteiger partial charge in [-0.15, -0.1) is 0 Å². The number of nitrogens with zero attached hydrogens (tertiary/aromatic N) is 4. The largest absolute Gasteiger partial charge is 0.356 e. The first kappa shape index (κ1) is 18.5. The molecule has 140 valence electrons. The molecular weight excluding hydrogens is 324 g/mol. The number of benzene rings is 1. The Hall–Kier alpha value is -2.34. The Morgan fingerprint density at radius 3 is 2.77 bits per heavy atom. The second kappa shape index (κ2) is 8.85. The summed E-state index contributed by atoms with van der Waals surface area (Å²) in [6, 6.07) is 11.7. The van der Waals surface area contributed by atoms with Crippen LogP contribution in [-0.4, -0.2) is 52.9 Å². The minimum atomic E-state index is 0.429. The van der Waals surface area contributed by atoms with Crippen LogP contribution in [0.4, 0.5) is 0 Å². The van der Waals surface area contributed by atoms with Gasteiger partial charge in [-0.2, -0.15) is 5.10 Å². The summed E-state index contributed by atoms with van der Waals surface area (Å²) in [5.41, 5.74) is 2.61. The number of hydrogen-bond donors (Lipinski definition) is 2. The molecule has 0 radical (unpaired) electrons. The molecule has 0 aliphatic carbocycles. The van der Waals surface area contributed by atoms with Gasteiger partial charge in [0.2, 0.25) is 0 Å². The van der Waals surface area contributed by atoms with Crippen LogP contribution in [0.15, 0.2) is 47.7 Å². The molecule has 0 spiro atoms. The molecule has 1 aliphatic heterocycles. The monoisotopic (exact) mass is 354 g/mol. The molecule has 2 N–H and O–H groups in total. The van der Waals surface area contributed by atoms with E-state index in [1.54, 1.807) is 0 Å². The van der Waals surface area contributed by atoms with E-state index < -0.39 is 0 Å². The number of aryl methyl sites for hydroxylation is 1. The van der Waals surface area contributed by atoms with Crippen LogP contribution in [-0.2, 0) is 20.0 Å². The fraction of sp³-hybridized carbons (Fsp3) is 0.500. The molecule has 1 fully saturated rings. The van der Waals surface area contributed by atoms with E-state index in [1.807, 2.05) is 25.0 Å². The van der Waals surface area contributed by atoms with Gasteiger partial charge in [-0.05, 0) is 30.9 Å². The van der Waals surface area contributed by atoms with E-state index in [-0.39, 0.29) is 0 Å². The van der Waals surface area contributed by atoms with E-state index in [2.05, 4.69) is 69.1 Å². The van der Waals surface area contributed by atoms with Gasteiger partial charge in [0.15, 0.2) is 5.96 Å². The van der Waals surface area contributed by atoms with Crippen LogP contribution in [0.3, 0.4) is 0 Å². The van der Waals surface area contributed by atoms with Gasteiger partial charge in [-0.3, -0.25) is 14.6 Å². The highest BCUT2D eigenvalue weighted by Gasteiger charge is 2.29. The van der Waals surface area contributed by atoms with Gasteiger partial charge in [0.05, 0.1) is 6.20 Å². The highest BCUT2D eigenvalue weighted by Crippen LogP contribution is 2.20. The van der Waals surface area contributed by atoms with Crippen molar-refractivity contribution >= 4 is 5.96 Å². The predicted octanol–water partition coefficient (Wildman–Crippen LogP) is 1.79. The molecule has 2 aromatic rings. The average Bonchev–Trinajstić information content (AvgIpc) is 3.20. The predicted molar refractivity (Wildman–Crippen MR) is 106 cm³/mol. The average molecular weight is 355 g/mol. The lowest BCUT2D eigenvalue weighted by atomic mass is 10.2. The zero-order valence-electron chi connectivity index (χ0n) is 16.0. The van der Waals surface area contributed by atoms with Crippen molar-refractivity contribution < 1.29 is 0 Å². The van der Waals surface area contributed by atoms with Crippen molar-refractivity contribution in [3.63, 3.8) is 0 Å². The maximum absolute atomic E-state index is 4.38. The number of guanidine groups is 1. The van der Waals surface area contributed by atoms with Gasteiger partial charge >= 0.3 is 0 Å². The van der Waals surface area contributed by atoms with Crippen molar-refractivity contribution in [2.45, 2.75) is 38.4 Å². The van der Waals surface area contributed by atoms with Crippen LogP contribution in [0.2, 0.25) is 0 Å². The number of likely N-dealkylation sites (tertiary alicyclic amines) is 1. The molecule has 1 aromatic heterocycles. The molecule has 0 amide bonds. The summed E-state index contributed by atoms with van der Waals surface area (Å²) >= 11 is 0. The highest BCUT2D eigenvalue weighted by atomic mass is 15.3. The summed E-state index contributed by atoms with van der Waals surface area (Å²) in [6.07, 6.45) is 6.04. The summed E-state index contributed by atoms with van der Waals surface area (Å²) in [5.74, 6) is 0.882. The van der Waals surface area contributed by atoms with E-state index in [9.17, 15) is 0 Å². The first-order valence-corrected chi connectivity index (χ1v) is 9.36. The van der Waals surface area contributed by atoms with Crippen LogP contribution in [0, 0.1) is 0 Å². The summed E-state index contributed by atoms with van der Waals surface area (Å²) in [7, 11) is 3.78. The summed E-state index contributed by atoms with van der Waals surface area (Å²) < 4.78 is 1.84. The lowest BCUT2D eigenvalue weighted by molar-refractivity contribution is 0.258. The van der Waals surface area contributed by atoms with Gasteiger partial charge < -0.3 is 10.6 Å². The van der Waals surface area contributed by atoms with Crippen molar-refractivity contribution in [2.24, 2.45) is 12.0 Å². The third kappa shape index (κ3) is 5.08. The molecule has 1 aliphatic rings. The lowest BCUT2D eigenvalue weighted by Gasteiger charge is -2.21. The van der Waals surface area contributed by atoms with E-state index >= 15 is 0 Å². The zero-order chi connectivity index (χ0) is 18.4. The van der Waals surface area contributed by atoms with E-state index in [0.717, 1.165) is 38.4 Å². The van der Waals surface area contributed by atoms with Gasteiger partial charge in [0, 0.05) is 52.0 Å². The topological polar surface area (TPSA) is 57.5 Å². The van der Waals surface area contributed by atoms with Crippen LogP contribution in [0.25, 0.3) is 0 Å². The van der Waals surface area contributed by atoms with Crippen molar-refractivity contribution in [3.8, 4) is 0 Å². The smallest absolute Gasteiger partial charge is 0.191 e. The summed E-state index contributed by atoms with van der Waals surface area (Å²) in [6.45, 7) is 5.21. The summed E-state index contributed by atoms with van der Waals surface area (Å²) in [5, 5.41) is 11.2. The van der Waals surface area contributed by atoms with Crippen molar-refractivity contribution in [1.82, 2.24) is 25.3 Å². The third-order valence-corrected chi connectivity index (χ3v) is 4.96. The molecule has 6 heteroatoms. The van der Waals surface area contributed by atoms with Gasteiger partial charge in [-0.25, -0.2) is 0 Å². The maximum atomic E-state index is 4.38. The van der Waals surface area contributed by atoms with Gasteiger partial charge in [-0.1, -0.05) is 30.3 Å². The molecule has 0 saturated carbocycles. The second-order valence-corrected chi connectivity index (χ2v) is 7.11. The molecule has 1 saturated heterocycles. The molecule has 6 nitrogen and oxygen atoms in total. The van der Waals surface area contributed by atoms with Crippen molar-refractivity contribution in [3.05, 3.63) is 53.9 Å². The first-order chi connectivity index (χ1) is 12.6.